The normalized spacial score (nSPS) is 26.0. The molecule has 1 fully saturated rings. The van der Waals surface area contributed by atoms with Gasteiger partial charge in [0.2, 0.25) is 0 Å². The summed E-state index contributed by atoms with van der Waals surface area (Å²) in [4.78, 5) is 2.57. The Morgan fingerprint density at radius 3 is 3.11 bits per heavy atom. The predicted octanol–water partition coefficient (Wildman–Crippen LogP) is 3.12. The van der Waals surface area contributed by atoms with Crippen LogP contribution < -0.4 is 15.0 Å². The molecule has 3 nitrogen and oxygen atoms in total. The first-order chi connectivity index (χ1) is 8.83. The van der Waals surface area contributed by atoms with Gasteiger partial charge in [0.1, 0.15) is 11.4 Å². The molecule has 0 saturated carbocycles. The number of methoxy groups -OCH3 is 1. The van der Waals surface area contributed by atoms with Crippen LogP contribution in [0.5, 0.6) is 5.75 Å². The molecule has 2 aliphatic heterocycles. The zero-order chi connectivity index (χ0) is 12.5. The molecular weight excluding hydrogens is 224 g/mol. The molecule has 0 spiro atoms. The van der Waals surface area contributed by atoms with E-state index in [9.17, 15) is 0 Å². The van der Waals surface area contributed by atoms with Crippen LogP contribution in [-0.2, 0) is 0 Å². The predicted molar refractivity (Wildman–Crippen MR) is 75.6 cm³/mol. The SMILES string of the molecule is CCC1CCN2c3cccc(OC)c3NCC2C1. The number of hydrogen-bond donors (Lipinski definition) is 1. The Bertz CT molecular complexity index is 433. The molecule has 3 heteroatoms. The van der Waals surface area contributed by atoms with E-state index in [0.717, 1.165) is 18.2 Å². The summed E-state index contributed by atoms with van der Waals surface area (Å²) in [7, 11) is 1.74. The lowest BCUT2D eigenvalue weighted by atomic mass is 9.87. The van der Waals surface area contributed by atoms with Crippen molar-refractivity contribution in [1.29, 1.82) is 0 Å². The minimum atomic E-state index is 0.656. The maximum absolute atomic E-state index is 5.45. The Hall–Kier alpha value is -1.38. The maximum Gasteiger partial charge on any atom is 0.144 e. The Kier molecular flexibility index (Phi) is 3.06. The largest absolute Gasteiger partial charge is 0.495 e. The highest BCUT2D eigenvalue weighted by molar-refractivity contribution is 5.79. The first-order valence-electron chi connectivity index (χ1n) is 7.01. The zero-order valence-corrected chi connectivity index (χ0v) is 11.3. The Morgan fingerprint density at radius 1 is 1.44 bits per heavy atom. The number of hydrogen-bond acceptors (Lipinski definition) is 3. The van der Waals surface area contributed by atoms with Crippen molar-refractivity contribution in [2.75, 3.05) is 30.4 Å². The van der Waals surface area contributed by atoms with Gasteiger partial charge < -0.3 is 15.0 Å². The van der Waals surface area contributed by atoms with Crippen LogP contribution in [-0.4, -0.2) is 26.2 Å². The van der Waals surface area contributed by atoms with Crippen molar-refractivity contribution in [1.82, 2.24) is 0 Å². The number of nitrogens with one attached hydrogen (secondary N) is 1. The summed E-state index contributed by atoms with van der Waals surface area (Å²) in [5, 5.41) is 3.56. The van der Waals surface area contributed by atoms with Gasteiger partial charge in [-0.25, -0.2) is 0 Å². The summed E-state index contributed by atoms with van der Waals surface area (Å²) in [5.41, 5.74) is 2.49. The third-order valence-corrected chi connectivity index (χ3v) is 4.45. The van der Waals surface area contributed by atoms with Gasteiger partial charge in [-0.1, -0.05) is 19.4 Å². The van der Waals surface area contributed by atoms with Gasteiger partial charge in [-0.2, -0.15) is 0 Å². The number of piperidine rings is 1. The lowest BCUT2D eigenvalue weighted by molar-refractivity contribution is 0.335. The molecule has 0 aromatic heterocycles. The van der Waals surface area contributed by atoms with Crippen molar-refractivity contribution >= 4 is 11.4 Å². The fraction of sp³-hybridized carbons (Fsp3) is 0.600. The van der Waals surface area contributed by atoms with E-state index in [1.54, 1.807) is 7.11 Å². The van der Waals surface area contributed by atoms with E-state index in [0.29, 0.717) is 6.04 Å². The summed E-state index contributed by atoms with van der Waals surface area (Å²) in [6.07, 6.45) is 3.96. The zero-order valence-electron chi connectivity index (χ0n) is 11.3. The molecule has 98 valence electrons. The Balaban J connectivity index is 1.90. The van der Waals surface area contributed by atoms with Crippen LogP contribution in [0, 0.1) is 5.92 Å². The molecule has 0 aliphatic carbocycles. The highest BCUT2D eigenvalue weighted by atomic mass is 16.5. The highest BCUT2D eigenvalue weighted by Crippen LogP contribution is 2.42. The Labute approximate surface area is 109 Å². The number of benzene rings is 1. The van der Waals surface area contributed by atoms with Crippen molar-refractivity contribution in [3.05, 3.63) is 18.2 Å². The molecule has 0 amide bonds. The third-order valence-electron chi connectivity index (χ3n) is 4.45. The number of fused-ring (bicyclic) bond motifs is 3. The van der Waals surface area contributed by atoms with E-state index in [-0.39, 0.29) is 0 Å². The lowest BCUT2D eigenvalue weighted by Crippen LogP contribution is -2.49. The van der Waals surface area contributed by atoms with Gasteiger partial charge >= 0.3 is 0 Å². The first kappa shape index (κ1) is 11.7. The molecule has 3 rings (SSSR count). The van der Waals surface area contributed by atoms with E-state index < -0.39 is 0 Å². The molecular formula is C15H22N2O. The molecule has 1 N–H and O–H groups in total. The number of rotatable bonds is 2. The molecule has 2 aliphatic rings. The fourth-order valence-electron chi connectivity index (χ4n) is 3.34. The second-order valence-corrected chi connectivity index (χ2v) is 5.38. The van der Waals surface area contributed by atoms with Crippen molar-refractivity contribution in [2.45, 2.75) is 32.2 Å². The van der Waals surface area contributed by atoms with Crippen LogP contribution in [0.2, 0.25) is 0 Å². The summed E-state index contributed by atoms with van der Waals surface area (Å²) in [5.74, 6) is 1.86. The molecule has 0 bridgehead atoms. The van der Waals surface area contributed by atoms with E-state index in [1.165, 1.54) is 37.2 Å². The van der Waals surface area contributed by atoms with E-state index in [1.807, 2.05) is 6.07 Å². The smallest absolute Gasteiger partial charge is 0.144 e. The van der Waals surface area contributed by atoms with Crippen LogP contribution in [0.15, 0.2) is 18.2 Å². The van der Waals surface area contributed by atoms with Gasteiger partial charge in [-0.3, -0.25) is 0 Å². The van der Waals surface area contributed by atoms with Gasteiger partial charge in [0.15, 0.2) is 0 Å². The van der Waals surface area contributed by atoms with Crippen LogP contribution in [0.25, 0.3) is 0 Å². The third kappa shape index (κ3) is 1.82. The summed E-state index contributed by atoms with van der Waals surface area (Å²) < 4.78 is 5.45. The molecule has 1 aromatic rings. The fourth-order valence-corrected chi connectivity index (χ4v) is 3.34. The highest BCUT2D eigenvalue weighted by Gasteiger charge is 2.32. The van der Waals surface area contributed by atoms with Crippen LogP contribution in [0.1, 0.15) is 26.2 Å². The molecule has 2 atom stereocenters. The molecule has 2 heterocycles. The molecule has 1 aromatic carbocycles. The van der Waals surface area contributed by atoms with Gasteiger partial charge in [0.25, 0.3) is 0 Å². The van der Waals surface area contributed by atoms with Gasteiger partial charge in [-0.15, -0.1) is 0 Å². The molecule has 18 heavy (non-hydrogen) atoms. The van der Waals surface area contributed by atoms with Gasteiger partial charge in [0.05, 0.1) is 12.8 Å². The minimum absolute atomic E-state index is 0.656. The maximum atomic E-state index is 5.45. The summed E-state index contributed by atoms with van der Waals surface area (Å²) >= 11 is 0. The number of nitrogens with zero attached hydrogens (tertiary/aromatic N) is 1. The molecule has 0 radical (unpaired) electrons. The number of para-hydroxylation sites is 1. The number of ether oxygens (including phenoxy) is 1. The van der Waals surface area contributed by atoms with E-state index in [4.69, 9.17) is 4.74 Å². The van der Waals surface area contributed by atoms with Crippen molar-refractivity contribution < 1.29 is 4.74 Å². The first-order valence-corrected chi connectivity index (χ1v) is 7.01. The average molecular weight is 246 g/mol. The van der Waals surface area contributed by atoms with Crippen LogP contribution in [0.4, 0.5) is 11.4 Å². The second kappa shape index (κ2) is 4.71. The number of anilines is 2. The minimum Gasteiger partial charge on any atom is -0.495 e. The van der Waals surface area contributed by atoms with Crippen LogP contribution >= 0.6 is 0 Å². The average Bonchev–Trinajstić information content (AvgIpc) is 2.45. The Morgan fingerprint density at radius 2 is 2.33 bits per heavy atom. The molecule has 2 unspecified atom stereocenters. The van der Waals surface area contributed by atoms with E-state index in [2.05, 4.69) is 29.3 Å². The summed E-state index contributed by atoms with van der Waals surface area (Å²) in [6, 6.07) is 6.99. The monoisotopic (exact) mass is 246 g/mol. The van der Waals surface area contributed by atoms with Crippen LogP contribution in [0.3, 0.4) is 0 Å². The topological polar surface area (TPSA) is 24.5 Å². The van der Waals surface area contributed by atoms with Gasteiger partial charge in [0, 0.05) is 19.1 Å². The lowest BCUT2D eigenvalue weighted by Gasteiger charge is -2.45. The van der Waals surface area contributed by atoms with Crippen molar-refractivity contribution in [3.63, 3.8) is 0 Å². The van der Waals surface area contributed by atoms with Gasteiger partial charge in [-0.05, 0) is 30.9 Å². The van der Waals surface area contributed by atoms with Crippen molar-refractivity contribution in [3.8, 4) is 5.75 Å². The quantitative estimate of drug-likeness (QED) is 0.867. The summed E-state index contributed by atoms with van der Waals surface area (Å²) in [6.45, 7) is 4.54. The standard InChI is InChI=1S/C15H22N2O/c1-3-11-7-8-17-12(9-11)10-16-15-13(17)5-4-6-14(15)18-2/h4-6,11-12,16H,3,7-10H2,1-2H3. The van der Waals surface area contributed by atoms with Crippen molar-refractivity contribution in [2.24, 2.45) is 5.92 Å². The second-order valence-electron chi connectivity index (χ2n) is 5.38. The van der Waals surface area contributed by atoms with E-state index >= 15 is 0 Å². The molecule has 1 saturated heterocycles.